The molecule has 1 fully saturated rings. The van der Waals surface area contributed by atoms with Crippen LogP contribution in [0, 0.1) is 0 Å². The standard InChI is InChI=1S/C26H20ClN3O7/c27-20-4-2-1-3-19(20)22(32)14-37-26(36)16-5-9-17(10-6-16)30-23(33)13-21(25(30)35)28-29-24(34)15-7-11-18(31)12-8-15/h1-12,21,28,31H,13-14H2,(H,29,34). The predicted octanol–water partition coefficient (Wildman–Crippen LogP) is 2.65. The number of hydrogen-bond donors (Lipinski definition) is 3. The number of rotatable bonds is 8. The maximum absolute atomic E-state index is 12.8. The number of ether oxygens (including phenoxy) is 1. The van der Waals surface area contributed by atoms with Crippen LogP contribution in [0.1, 0.15) is 37.5 Å². The summed E-state index contributed by atoms with van der Waals surface area (Å²) in [4.78, 5) is 63.0. The lowest BCUT2D eigenvalue weighted by atomic mass is 10.1. The third kappa shape index (κ3) is 5.83. The average Bonchev–Trinajstić information content (AvgIpc) is 3.19. The van der Waals surface area contributed by atoms with E-state index in [1.165, 1.54) is 54.6 Å². The molecule has 4 rings (SSSR count). The van der Waals surface area contributed by atoms with Gasteiger partial charge < -0.3 is 9.84 Å². The summed E-state index contributed by atoms with van der Waals surface area (Å²) in [6.45, 7) is -0.503. The van der Waals surface area contributed by atoms with Crippen LogP contribution >= 0.6 is 11.6 Å². The highest BCUT2D eigenvalue weighted by molar-refractivity contribution is 6.34. The van der Waals surface area contributed by atoms with Crippen LogP contribution in [0.4, 0.5) is 5.69 Å². The number of carbonyl (C=O) groups excluding carboxylic acids is 5. The number of phenols is 1. The number of nitrogens with zero attached hydrogens (tertiary/aromatic N) is 1. The van der Waals surface area contributed by atoms with Gasteiger partial charge in [-0.25, -0.2) is 15.1 Å². The zero-order valence-electron chi connectivity index (χ0n) is 19.1. The SMILES string of the molecule is O=C(NNC1CC(=O)N(c2ccc(C(=O)OCC(=O)c3ccccc3Cl)cc2)C1=O)c1ccc(O)cc1. The first kappa shape index (κ1) is 25.5. The molecule has 11 heteroatoms. The molecule has 0 bridgehead atoms. The molecule has 0 radical (unpaired) electrons. The van der Waals surface area contributed by atoms with E-state index >= 15 is 0 Å². The van der Waals surface area contributed by atoms with Gasteiger partial charge in [0.2, 0.25) is 11.7 Å². The van der Waals surface area contributed by atoms with Crippen molar-refractivity contribution in [1.29, 1.82) is 0 Å². The number of nitrogens with one attached hydrogen (secondary N) is 2. The first-order chi connectivity index (χ1) is 17.7. The first-order valence-electron chi connectivity index (χ1n) is 11.0. The minimum Gasteiger partial charge on any atom is -0.508 e. The van der Waals surface area contributed by atoms with Crippen molar-refractivity contribution in [2.75, 3.05) is 11.5 Å². The first-order valence-corrected chi connectivity index (χ1v) is 11.4. The van der Waals surface area contributed by atoms with Crippen molar-refractivity contribution >= 4 is 46.8 Å². The van der Waals surface area contributed by atoms with Crippen molar-refractivity contribution in [2.24, 2.45) is 0 Å². The van der Waals surface area contributed by atoms with Gasteiger partial charge in [-0.3, -0.25) is 24.6 Å². The van der Waals surface area contributed by atoms with E-state index in [1.54, 1.807) is 18.2 Å². The summed E-state index contributed by atoms with van der Waals surface area (Å²) >= 11 is 5.98. The Morgan fingerprint density at radius 1 is 0.946 bits per heavy atom. The number of Topliss-reactive ketones (excluding diaryl/α,β-unsaturated/α-hetero) is 1. The molecule has 3 amide bonds. The lowest BCUT2D eigenvalue weighted by Gasteiger charge is -2.16. The van der Waals surface area contributed by atoms with Crippen molar-refractivity contribution in [2.45, 2.75) is 12.5 Å². The summed E-state index contributed by atoms with van der Waals surface area (Å²) in [5.41, 5.74) is 5.77. The second-order valence-corrected chi connectivity index (χ2v) is 8.40. The second-order valence-electron chi connectivity index (χ2n) is 8.00. The summed E-state index contributed by atoms with van der Waals surface area (Å²) in [6, 6.07) is 16.4. The maximum atomic E-state index is 12.8. The number of esters is 1. The van der Waals surface area contributed by atoms with Gasteiger partial charge in [-0.05, 0) is 60.7 Å². The molecule has 1 saturated heterocycles. The molecule has 1 aliphatic heterocycles. The second kappa shape index (κ2) is 11.0. The molecule has 3 aromatic rings. The van der Waals surface area contributed by atoms with Crippen LogP contribution in [0.25, 0.3) is 0 Å². The van der Waals surface area contributed by atoms with E-state index in [1.807, 2.05) is 0 Å². The number of carbonyl (C=O) groups is 5. The topological polar surface area (TPSA) is 142 Å². The normalized spacial score (nSPS) is 14.9. The van der Waals surface area contributed by atoms with Crippen molar-refractivity contribution in [3.63, 3.8) is 0 Å². The monoisotopic (exact) mass is 521 g/mol. The lowest BCUT2D eigenvalue weighted by molar-refractivity contribution is -0.121. The van der Waals surface area contributed by atoms with Gasteiger partial charge in [0, 0.05) is 11.1 Å². The molecule has 3 aromatic carbocycles. The zero-order chi connectivity index (χ0) is 26.5. The van der Waals surface area contributed by atoms with E-state index in [2.05, 4.69) is 10.9 Å². The molecule has 10 nitrogen and oxygen atoms in total. The number of anilines is 1. The summed E-state index contributed by atoms with van der Waals surface area (Å²) in [6.07, 6.45) is -0.192. The molecule has 1 unspecified atom stereocenters. The van der Waals surface area contributed by atoms with E-state index in [0.717, 1.165) is 4.90 Å². The Morgan fingerprint density at radius 3 is 2.27 bits per heavy atom. The molecule has 1 atom stereocenters. The summed E-state index contributed by atoms with van der Waals surface area (Å²) in [5, 5.41) is 9.56. The third-order valence-corrected chi connectivity index (χ3v) is 5.84. The van der Waals surface area contributed by atoms with Crippen LogP contribution < -0.4 is 15.8 Å². The molecule has 1 aliphatic rings. The Bertz CT molecular complexity index is 1370. The molecule has 0 saturated carbocycles. The molecular formula is C26H20ClN3O7. The van der Waals surface area contributed by atoms with Crippen molar-refractivity contribution in [1.82, 2.24) is 10.9 Å². The molecule has 188 valence electrons. The highest BCUT2D eigenvalue weighted by Crippen LogP contribution is 2.24. The van der Waals surface area contributed by atoms with Gasteiger partial charge in [0.1, 0.15) is 11.8 Å². The number of halogens is 1. The molecule has 3 N–H and O–H groups in total. The quantitative estimate of drug-likeness (QED) is 0.178. The van der Waals surface area contributed by atoms with Crippen LogP contribution in [0.15, 0.2) is 72.8 Å². The number of benzene rings is 3. The Hall–Kier alpha value is -4.54. The van der Waals surface area contributed by atoms with Gasteiger partial charge >= 0.3 is 5.97 Å². The summed E-state index contributed by atoms with van der Waals surface area (Å²) in [5.74, 6) is -2.85. The Kier molecular flexibility index (Phi) is 7.61. The minimum atomic E-state index is -0.992. The van der Waals surface area contributed by atoms with Crippen LogP contribution in [0.3, 0.4) is 0 Å². The maximum Gasteiger partial charge on any atom is 0.338 e. The number of amides is 3. The number of phenolic OH excluding ortho intramolecular Hbond substituents is 1. The van der Waals surface area contributed by atoms with Gasteiger partial charge in [0.25, 0.3) is 11.8 Å². The summed E-state index contributed by atoms with van der Waals surface area (Å²) in [7, 11) is 0. The third-order valence-electron chi connectivity index (χ3n) is 5.51. The predicted molar refractivity (Wildman–Crippen MR) is 132 cm³/mol. The zero-order valence-corrected chi connectivity index (χ0v) is 19.9. The number of aromatic hydroxyl groups is 1. The fourth-order valence-electron chi connectivity index (χ4n) is 3.58. The fraction of sp³-hybridized carbons (Fsp3) is 0.115. The smallest absolute Gasteiger partial charge is 0.338 e. The Labute approximate surface area is 215 Å². The van der Waals surface area contributed by atoms with Crippen molar-refractivity contribution in [3.05, 3.63) is 94.5 Å². The Morgan fingerprint density at radius 2 is 1.59 bits per heavy atom. The molecule has 0 aromatic heterocycles. The molecule has 1 heterocycles. The molecule has 37 heavy (non-hydrogen) atoms. The number of ketones is 1. The largest absolute Gasteiger partial charge is 0.508 e. The Balaban J connectivity index is 1.34. The van der Waals surface area contributed by atoms with E-state index < -0.39 is 42.1 Å². The number of hydrazine groups is 1. The van der Waals surface area contributed by atoms with Crippen LogP contribution in [-0.2, 0) is 14.3 Å². The van der Waals surface area contributed by atoms with Crippen LogP contribution in [0.2, 0.25) is 5.02 Å². The highest BCUT2D eigenvalue weighted by atomic mass is 35.5. The molecule has 0 spiro atoms. The van der Waals surface area contributed by atoms with Gasteiger partial charge in [-0.1, -0.05) is 23.7 Å². The number of imide groups is 1. The van der Waals surface area contributed by atoms with Crippen LogP contribution in [0.5, 0.6) is 5.75 Å². The highest BCUT2D eigenvalue weighted by Gasteiger charge is 2.39. The van der Waals surface area contributed by atoms with E-state index in [-0.39, 0.29) is 39.6 Å². The van der Waals surface area contributed by atoms with Crippen molar-refractivity contribution < 1.29 is 33.8 Å². The average molecular weight is 522 g/mol. The fourth-order valence-corrected chi connectivity index (χ4v) is 3.82. The van der Waals surface area contributed by atoms with Gasteiger partial charge in [-0.15, -0.1) is 0 Å². The van der Waals surface area contributed by atoms with Gasteiger partial charge in [-0.2, -0.15) is 0 Å². The molecule has 0 aliphatic carbocycles. The van der Waals surface area contributed by atoms with Gasteiger partial charge in [0.15, 0.2) is 6.61 Å². The molecular weight excluding hydrogens is 502 g/mol. The minimum absolute atomic E-state index is 0.00147. The van der Waals surface area contributed by atoms with E-state index in [0.29, 0.717) is 0 Å². The lowest BCUT2D eigenvalue weighted by Crippen LogP contribution is -2.48. The summed E-state index contributed by atoms with van der Waals surface area (Å²) < 4.78 is 5.06. The van der Waals surface area contributed by atoms with Crippen molar-refractivity contribution in [3.8, 4) is 5.75 Å². The number of hydrogen-bond acceptors (Lipinski definition) is 8. The van der Waals surface area contributed by atoms with E-state index in [9.17, 15) is 29.1 Å². The van der Waals surface area contributed by atoms with Crippen LogP contribution in [-0.4, -0.2) is 47.2 Å². The van der Waals surface area contributed by atoms with Gasteiger partial charge in [0.05, 0.1) is 22.7 Å². The van der Waals surface area contributed by atoms with E-state index in [4.69, 9.17) is 16.3 Å².